The fourth-order valence-corrected chi connectivity index (χ4v) is 2.04. The fraction of sp³-hybridized carbons (Fsp3) is 0.250. The number of phenols is 3. The standard InChI is InChI=1S/C16H19NO4/c1-21-13-4-2-3-11(9-13)7-8-17-10-12-5-6-14(18)16(20)15(12)19/h2-6,9,17-20H,7-8,10H2,1H3. The number of methoxy groups -OCH3 is 1. The Bertz CT molecular complexity index is 613. The summed E-state index contributed by atoms with van der Waals surface area (Å²) < 4.78 is 5.17. The van der Waals surface area contributed by atoms with Crippen molar-refractivity contribution >= 4 is 0 Å². The number of hydrogen-bond acceptors (Lipinski definition) is 5. The molecule has 0 aliphatic heterocycles. The summed E-state index contributed by atoms with van der Waals surface area (Å²) in [5, 5.41) is 31.6. The van der Waals surface area contributed by atoms with Gasteiger partial charge in [-0.3, -0.25) is 0 Å². The summed E-state index contributed by atoms with van der Waals surface area (Å²) in [5.74, 6) is -0.271. The molecule has 0 unspecified atom stereocenters. The molecule has 2 rings (SSSR count). The van der Waals surface area contributed by atoms with Crippen LogP contribution in [0.4, 0.5) is 0 Å². The van der Waals surface area contributed by atoms with Crippen molar-refractivity contribution in [2.75, 3.05) is 13.7 Å². The maximum absolute atomic E-state index is 9.70. The Balaban J connectivity index is 1.86. The number of aromatic hydroxyl groups is 3. The lowest BCUT2D eigenvalue weighted by atomic mass is 10.1. The Morgan fingerprint density at radius 2 is 1.86 bits per heavy atom. The van der Waals surface area contributed by atoms with Gasteiger partial charge >= 0.3 is 0 Å². The number of hydrogen-bond donors (Lipinski definition) is 4. The van der Waals surface area contributed by atoms with Crippen LogP contribution in [0.15, 0.2) is 36.4 Å². The first-order valence-corrected chi connectivity index (χ1v) is 6.68. The van der Waals surface area contributed by atoms with Crippen LogP contribution in [0, 0.1) is 0 Å². The highest BCUT2D eigenvalue weighted by atomic mass is 16.5. The van der Waals surface area contributed by atoms with Gasteiger partial charge in [0.2, 0.25) is 5.75 Å². The number of benzene rings is 2. The SMILES string of the molecule is COc1cccc(CCNCc2ccc(O)c(O)c2O)c1. The van der Waals surface area contributed by atoms with E-state index in [2.05, 4.69) is 5.32 Å². The average Bonchev–Trinajstić information content (AvgIpc) is 2.51. The Morgan fingerprint density at radius 1 is 1.05 bits per heavy atom. The molecular formula is C16H19NO4. The van der Waals surface area contributed by atoms with Gasteiger partial charge in [-0.15, -0.1) is 0 Å². The minimum Gasteiger partial charge on any atom is -0.504 e. The van der Waals surface area contributed by atoms with E-state index in [9.17, 15) is 15.3 Å². The highest BCUT2D eigenvalue weighted by Crippen LogP contribution is 2.36. The van der Waals surface area contributed by atoms with Gasteiger partial charge in [0.05, 0.1) is 7.11 Å². The van der Waals surface area contributed by atoms with Gasteiger partial charge in [0.15, 0.2) is 11.5 Å². The Hall–Kier alpha value is -2.40. The minimum absolute atomic E-state index is 0.288. The zero-order chi connectivity index (χ0) is 15.2. The van der Waals surface area contributed by atoms with Crippen LogP contribution < -0.4 is 10.1 Å². The molecule has 2 aromatic rings. The largest absolute Gasteiger partial charge is 0.504 e. The van der Waals surface area contributed by atoms with Crippen molar-refractivity contribution in [2.24, 2.45) is 0 Å². The summed E-state index contributed by atoms with van der Waals surface area (Å²) in [4.78, 5) is 0. The first-order chi connectivity index (χ1) is 10.1. The molecule has 21 heavy (non-hydrogen) atoms. The van der Waals surface area contributed by atoms with E-state index in [0.717, 1.165) is 17.7 Å². The second-order valence-electron chi connectivity index (χ2n) is 4.72. The fourth-order valence-electron chi connectivity index (χ4n) is 2.04. The van der Waals surface area contributed by atoms with Crippen LogP contribution in [-0.2, 0) is 13.0 Å². The first-order valence-electron chi connectivity index (χ1n) is 6.68. The van der Waals surface area contributed by atoms with E-state index >= 15 is 0 Å². The summed E-state index contributed by atoms with van der Waals surface area (Å²) in [6.07, 6.45) is 0.821. The lowest BCUT2D eigenvalue weighted by molar-refractivity contribution is 0.364. The zero-order valence-electron chi connectivity index (χ0n) is 11.8. The molecule has 0 saturated heterocycles. The number of nitrogens with one attached hydrogen (secondary N) is 1. The maximum atomic E-state index is 9.70. The van der Waals surface area contributed by atoms with Crippen LogP contribution in [0.3, 0.4) is 0 Å². The van der Waals surface area contributed by atoms with E-state index in [1.807, 2.05) is 24.3 Å². The monoisotopic (exact) mass is 289 g/mol. The van der Waals surface area contributed by atoms with Crippen molar-refractivity contribution in [1.29, 1.82) is 0 Å². The molecule has 0 aliphatic rings. The molecule has 0 radical (unpaired) electrons. The van der Waals surface area contributed by atoms with Crippen LogP contribution in [0.2, 0.25) is 0 Å². The Morgan fingerprint density at radius 3 is 2.62 bits per heavy atom. The van der Waals surface area contributed by atoms with Crippen LogP contribution in [0.5, 0.6) is 23.0 Å². The molecule has 5 heteroatoms. The normalized spacial score (nSPS) is 10.5. The van der Waals surface area contributed by atoms with Gasteiger partial charge in [-0.1, -0.05) is 18.2 Å². The van der Waals surface area contributed by atoms with Crippen molar-refractivity contribution in [1.82, 2.24) is 5.32 Å². The Labute approximate surface area is 123 Å². The quantitative estimate of drug-likeness (QED) is 0.484. The molecule has 0 spiro atoms. The average molecular weight is 289 g/mol. The molecule has 0 heterocycles. The van der Waals surface area contributed by atoms with E-state index < -0.39 is 5.75 Å². The van der Waals surface area contributed by atoms with Gasteiger partial charge in [-0.05, 0) is 36.7 Å². The molecule has 0 fully saturated rings. The smallest absolute Gasteiger partial charge is 0.200 e. The van der Waals surface area contributed by atoms with Gasteiger partial charge in [0, 0.05) is 12.1 Å². The molecular weight excluding hydrogens is 270 g/mol. The maximum Gasteiger partial charge on any atom is 0.200 e. The predicted octanol–water partition coefficient (Wildman–Crippen LogP) is 2.14. The number of phenolic OH excluding ortho intramolecular Hbond substituents is 3. The molecule has 0 amide bonds. The van der Waals surface area contributed by atoms with Crippen LogP contribution in [-0.4, -0.2) is 29.0 Å². The summed E-state index contributed by atoms with van der Waals surface area (Å²) in [7, 11) is 1.64. The molecule has 2 aromatic carbocycles. The lowest BCUT2D eigenvalue weighted by Crippen LogP contribution is -2.16. The third kappa shape index (κ3) is 3.79. The van der Waals surface area contributed by atoms with Gasteiger partial charge in [0.1, 0.15) is 5.75 Å². The molecule has 0 aromatic heterocycles. The summed E-state index contributed by atoms with van der Waals surface area (Å²) in [6, 6.07) is 10.8. The number of ether oxygens (including phenoxy) is 1. The van der Waals surface area contributed by atoms with E-state index in [1.54, 1.807) is 13.2 Å². The second kappa shape index (κ2) is 6.85. The van der Waals surface area contributed by atoms with E-state index in [4.69, 9.17) is 4.74 Å². The van der Waals surface area contributed by atoms with Gasteiger partial charge < -0.3 is 25.4 Å². The minimum atomic E-state index is -0.484. The van der Waals surface area contributed by atoms with Crippen LogP contribution in [0.25, 0.3) is 0 Å². The molecule has 112 valence electrons. The van der Waals surface area contributed by atoms with Gasteiger partial charge in [-0.2, -0.15) is 0 Å². The highest BCUT2D eigenvalue weighted by Gasteiger charge is 2.10. The molecule has 0 saturated carbocycles. The Kier molecular flexibility index (Phi) is 4.90. The lowest BCUT2D eigenvalue weighted by Gasteiger charge is -2.09. The summed E-state index contributed by atoms with van der Waals surface area (Å²) >= 11 is 0. The molecule has 0 bridgehead atoms. The summed E-state index contributed by atoms with van der Waals surface area (Å²) in [5.41, 5.74) is 1.69. The van der Waals surface area contributed by atoms with Gasteiger partial charge in [-0.25, -0.2) is 0 Å². The zero-order valence-corrected chi connectivity index (χ0v) is 11.8. The second-order valence-corrected chi connectivity index (χ2v) is 4.72. The van der Waals surface area contributed by atoms with Crippen molar-refractivity contribution in [3.05, 3.63) is 47.5 Å². The van der Waals surface area contributed by atoms with E-state index in [1.165, 1.54) is 6.07 Å². The van der Waals surface area contributed by atoms with Crippen molar-refractivity contribution < 1.29 is 20.1 Å². The highest BCUT2D eigenvalue weighted by molar-refractivity contribution is 5.53. The first kappa shape index (κ1) is 15.0. The van der Waals surface area contributed by atoms with Crippen molar-refractivity contribution in [3.8, 4) is 23.0 Å². The topological polar surface area (TPSA) is 82.0 Å². The molecule has 4 N–H and O–H groups in total. The third-order valence-electron chi connectivity index (χ3n) is 3.25. The van der Waals surface area contributed by atoms with Crippen LogP contribution in [0.1, 0.15) is 11.1 Å². The van der Waals surface area contributed by atoms with Crippen molar-refractivity contribution in [3.63, 3.8) is 0 Å². The van der Waals surface area contributed by atoms with Crippen LogP contribution >= 0.6 is 0 Å². The number of rotatable bonds is 6. The molecule has 0 atom stereocenters. The third-order valence-corrected chi connectivity index (χ3v) is 3.25. The van der Waals surface area contributed by atoms with E-state index in [-0.39, 0.29) is 11.5 Å². The predicted molar refractivity (Wildman–Crippen MR) is 79.8 cm³/mol. The molecule has 0 aliphatic carbocycles. The van der Waals surface area contributed by atoms with Gasteiger partial charge in [0.25, 0.3) is 0 Å². The van der Waals surface area contributed by atoms with E-state index in [0.29, 0.717) is 18.7 Å². The van der Waals surface area contributed by atoms with Crippen molar-refractivity contribution in [2.45, 2.75) is 13.0 Å². The molecule has 5 nitrogen and oxygen atoms in total. The summed E-state index contributed by atoms with van der Waals surface area (Å²) in [6.45, 7) is 1.12.